The van der Waals surface area contributed by atoms with E-state index in [1.165, 1.54) is 11.3 Å². The van der Waals surface area contributed by atoms with Crippen molar-refractivity contribution >= 4 is 43.4 Å². The van der Waals surface area contributed by atoms with Gasteiger partial charge in [0, 0.05) is 34.4 Å². The van der Waals surface area contributed by atoms with Crippen molar-refractivity contribution in [3.05, 3.63) is 23.8 Å². The number of hydrogen-bond donors (Lipinski definition) is 2. The van der Waals surface area contributed by atoms with Crippen molar-refractivity contribution in [3.8, 4) is 0 Å². The Balaban J connectivity index is 2.14. The van der Waals surface area contributed by atoms with E-state index in [0.29, 0.717) is 16.4 Å². The smallest absolute Gasteiger partial charge is 0.251 e. The quantitative estimate of drug-likeness (QED) is 0.892. The standard InChI is InChI=1S/C12H15N3O2S2/c1-7(6-19(2)17)14-11(16)8-3-4-9-10(5-8)18-12(13)15-9/h3-5,7H,6H2,1-2H3,(H2,13,15)(H,14,16). The van der Waals surface area contributed by atoms with Crippen LogP contribution in [-0.2, 0) is 10.8 Å². The summed E-state index contributed by atoms with van der Waals surface area (Å²) in [6.45, 7) is 1.84. The maximum atomic E-state index is 12.0. The van der Waals surface area contributed by atoms with Crippen LogP contribution in [0.1, 0.15) is 17.3 Å². The molecule has 0 bridgehead atoms. The van der Waals surface area contributed by atoms with E-state index in [9.17, 15) is 9.00 Å². The minimum Gasteiger partial charge on any atom is -0.375 e. The van der Waals surface area contributed by atoms with E-state index < -0.39 is 10.8 Å². The average Bonchev–Trinajstić information content (AvgIpc) is 2.66. The van der Waals surface area contributed by atoms with Crippen LogP contribution < -0.4 is 11.1 Å². The largest absolute Gasteiger partial charge is 0.375 e. The molecule has 0 aliphatic rings. The van der Waals surface area contributed by atoms with Crippen LogP contribution in [-0.4, -0.2) is 33.2 Å². The summed E-state index contributed by atoms with van der Waals surface area (Å²) in [5, 5.41) is 3.31. The molecule has 0 aliphatic heterocycles. The summed E-state index contributed by atoms with van der Waals surface area (Å²) in [4.78, 5) is 16.2. The van der Waals surface area contributed by atoms with Gasteiger partial charge in [-0.15, -0.1) is 0 Å². The van der Waals surface area contributed by atoms with Crippen molar-refractivity contribution in [3.63, 3.8) is 0 Å². The summed E-state index contributed by atoms with van der Waals surface area (Å²) in [6.07, 6.45) is 1.62. The van der Waals surface area contributed by atoms with E-state index in [-0.39, 0.29) is 11.9 Å². The molecule has 1 aromatic carbocycles. The molecule has 0 spiro atoms. The molecule has 1 aromatic heterocycles. The van der Waals surface area contributed by atoms with E-state index in [0.717, 1.165) is 10.2 Å². The lowest BCUT2D eigenvalue weighted by atomic mass is 10.2. The Morgan fingerprint density at radius 2 is 2.32 bits per heavy atom. The number of fused-ring (bicyclic) bond motifs is 1. The predicted molar refractivity (Wildman–Crippen MR) is 79.9 cm³/mol. The van der Waals surface area contributed by atoms with Crippen LogP contribution in [0.25, 0.3) is 10.2 Å². The SMILES string of the molecule is CC(CS(C)=O)NC(=O)c1ccc2nc(N)sc2c1. The fourth-order valence-corrected chi connectivity index (χ4v) is 3.35. The van der Waals surface area contributed by atoms with Crippen LogP contribution in [0.15, 0.2) is 18.2 Å². The molecular weight excluding hydrogens is 282 g/mol. The van der Waals surface area contributed by atoms with Gasteiger partial charge in [-0.25, -0.2) is 4.98 Å². The van der Waals surface area contributed by atoms with Gasteiger partial charge in [0.1, 0.15) is 0 Å². The summed E-state index contributed by atoms with van der Waals surface area (Å²) >= 11 is 1.35. The van der Waals surface area contributed by atoms with Gasteiger partial charge in [-0.1, -0.05) is 11.3 Å². The second-order valence-electron chi connectivity index (χ2n) is 4.35. The molecule has 19 heavy (non-hydrogen) atoms. The van der Waals surface area contributed by atoms with Crippen LogP contribution in [0.5, 0.6) is 0 Å². The number of aromatic nitrogens is 1. The van der Waals surface area contributed by atoms with Crippen molar-refractivity contribution in [1.29, 1.82) is 0 Å². The number of amides is 1. The Labute approximate surface area is 117 Å². The van der Waals surface area contributed by atoms with Gasteiger partial charge in [-0.2, -0.15) is 0 Å². The van der Waals surface area contributed by atoms with Crippen molar-refractivity contribution in [2.24, 2.45) is 0 Å². The summed E-state index contributed by atoms with van der Waals surface area (Å²) in [5.41, 5.74) is 6.98. The van der Waals surface area contributed by atoms with E-state index in [1.54, 1.807) is 24.5 Å². The normalized spacial score (nSPS) is 14.2. The monoisotopic (exact) mass is 297 g/mol. The molecule has 5 nitrogen and oxygen atoms in total. The minimum atomic E-state index is -0.927. The highest BCUT2D eigenvalue weighted by Gasteiger charge is 2.12. The van der Waals surface area contributed by atoms with Gasteiger partial charge < -0.3 is 11.1 Å². The molecule has 0 saturated carbocycles. The summed E-state index contributed by atoms with van der Waals surface area (Å²) in [7, 11) is -0.927. The first kappa shape index (κ1) is 14.0. The Kier molecular flexibility index (Phi) is 4.16. The Morgan fingerprint density at radius 3 is 3.00 bits per heavy atom. The molecular formula is C12H15N3O2S2. The predicted octanol–water partition coefficient (Wildman–Crippen LogP) is 1.38. The first-order valence-electron chi connectivity index (χ1n) is 5.72. The summed E-state index contributed by atoms with van der Waals surface area (Å²) in [6, 6.07) is 5.14. The third-order valence-electron chi connectivity index (χ3n) is 2.53. The molecule has 2 unspecified atom stereocenters. The molecule has 0 fully saturated rings. The topological polar surface area (TPSA) is 85.1 Å². The van der Waals surface area contributed by atoms with Gasteiger partial charge in [0.2, 0.25) is 0 Å². The Hall–Kier alpha value is -1.47. The number of rotatable bonds is 4. The first-order valence-corrected chi connectivity index (χ1v) is 8.27. The number of thiazole rings is 1. The zero-order valence-electron chi connectivity index (χ0n) is 10.7. The number of nitrogen functional groups attached to an aromatic ring is 1. The fourth-order valence-electron chi connectivity index (χ4n) is 1.78. The maximum absolute atomic E-state index is 12.0. The molecule has 0 aliphatic carbocycles. The van der Waals surface area contributed by atoms with Crippen molar-refractivity contribution in [2.45, 2.75) is 13.0 Å². The second kappa shape index (κ2) is 5.66. The van der Waals surface area contributed by atoms with E-state index in [2.05, 4.69) is 10.3 Å². The molecule has 0 saturated heterocycles. The fraction of sp³-hybridized carbons (Fsp3) is 0.333. The van der Waals surface area contributed by atoms with Gasteiger partial charge in [-0.3, -0.25) is 9.00 Å². The van der Waals surface area contributed by atoms with Gasteiger partial charge in [-0.05, 0) is 25.1 Å². The number of nitrogens with two attached hydrogens (primary N) is 1. The molecule has 2 aromatic rings. The van der Waals surface area contributed by atoms with E-state index in [1.807, 2.05) is 6.92 Å². The highest BCUT2D eigenvalue weighted by Crippen LogP contribution is 2.24. The van der Waals surface area contributed by atoms with E-state index in [4.69, 9.17) is 5.73 Å². The highest BCUT2D eigenvalue weighted by molar-refractivity contribution is 7.84. The highest BCUT2D eigenvalue weighted by atomic mass is 32.2. The lowest BCUT2D eigenvalue weighted by molar-refractivity contribution is 0.0944. The Morgan fingerprint density at radius 1 is 1.58 bits per heavy atom. The van der Waals surface area contributed by atoms with E-state index >= 15 is 0 Å². The Bertz CT molecular complexity index is 639. The number of nitrogens with one attached hydrogen (secondary N) is 1. The lowest BCUT2D eigenvalue weighted by Gasteiger charge is -2.12. The van der Waals surface area contributed by atoms with Crippen LogP contribution in [0, 0.1) is 0 Å². The minimum absolute atomic E-state index is 0.124. The molecule has 2 rings (SSSR count). The number of anilines is 1. The van der Waals surface area contributed by atoms with Crippen LogP contribution in [0.3, 0.4) is 0 Å². The second-order valence-corrected chi connectivity index (χ2v) is 6.89. The third-order valence-corrected chi connectivity index (χ3v) is 4.35. The molecule has 2 atom stereocenters. The molecule has 1 heterocycles. The number of carbonyl (C=O) groups excluding carboxylic acids is 1. The zero-order chi connectivity index (χ0) is 14.0. The number of nitrogens with zero attached hydrogens (tertiary/aromatic N) is 1. The molecule has 102 valence electrons. The van der Waals surface area contributed by atoms with Crippen LogP contribution in [0.4, 0.5) is 5.13 Å². The molecule has 1 amide bonds. The lowest BCUT2D eigenvalue weighted by Crippen LogP contribution is -2.36. The van der Waals surface area contributed by atoms with Crippen LogP contribution in [0.2, 0.25) is 0 Å². The third kappa shape index (κ3) is 3.51. The van der Waals surface area contributed by atoms with Gasteiger partial charge >= 0.3 is 0 Å². The molecule has 0 radical (unpaired) electrons. The van der Waals surface area contributed by atoms with Gasteiger partial charge in [0.25, 0.3) is 5.91 Å². The summed E-state index contributed by atoms with van der Waals surface area (Å²) in [5.74, 6) is 0.272. The maximum Gasteiger partial charge on any atom is 0.251 e. The average molecular weight is 297 g/mol. The first-order chi connectivity index (χ1) is 8.95. The van der Waals surface area contributed by atoms with Gasteiger partial charge in [0.15, 0.2) is 5.13 Å². The number of hydrogen-bond acceptors (Lipinski definition) is 5. The molecule has 3 N–H and O–H groups in total. The number of carbonyl (C=O) groups is 1. The number of benzene rings is 1. The van der Waals surface area contributed by atoms with Crippen molar-refractivity contribution < 1.29 is 9.00 Å². The van der Waals surface area contributed by atoms with Crippen molar-refractivity contribution in [1.82, 2.24) is 10.3 Å². The summed E-state index contributed by atoms with van der Waals surface area (Å²) < 4.78 is 12.0. The zero-order valence-corrected chi connectivity index (χ0v) is 12.3. The molecule has 7 heteroatoms. The van der Waals surface area contributed by atoms with Crippen molar-refractivity contribution in [2.75, 3.05) is 17.7 Å². The van der Waals surface area contributed by atoms with Gasteiger partial charge in [0.05, 0.1) is 10.2 Å². The van der Waals surface area contributed by atoms with Crippen LogP contribution >= 0.6 is 11.3 Å².